The fraction of sp³-hybridized carbons (Fsp3) is 0.364. The van der Waals surface area contributed by atoms with Gasteiger partial charge in [0.1, 0.15) is 16.8 Å². The van der Waals surface area contributed by atoms with Gasteiger partial charge in [-0.1, -0.05) is 0 Å². The number of hydrogen-bond donors (Lipinski definition) is 0. The molecule has 88 valence electrons. The number of benzene rings is 1. The summed E-state index contributed by atoms with van der Waals surface area (Å²) in [4.78, 5) is 10.9. The molecule has 0 radical (unpaired) electrons. The molecular weight excluding hydrogens is 228 g/mol. The van der Waals surface area contributed by atoms with Gasteiger partial charge in [-0.2, -0.15) is 0 Å². The Hall–Kier alpha value is -1.36. The van der Waals surface area contributed by atoms with E-state index < -0.39 is 14.6 Å². The van der Waals surface area contributed by atoms with E-state index in [9.17, 15) is 13.2 Å². The van der Waals surface area contributed by atoms with Crippen molar-refractivity contribution in [1.82, 2.24) is 0 Å². The van der Waals surface area contributed by atoms with Gasteiger partial charge in [0, 0.05) is 0 Å². The highest BCUT2D eigenvalue weighted by Gasteiger charge is 2.35. The highest BCUT2D eigenvalue weighted by molar-refractivity contribution is 7.93. The first-order valence-corrected chi connectivity index (χ1v) is 6.18. The first-order valence-electron chi connectivity index (χ1n) is 4.70. The number of methoxy groups -OCH3 is 1. The minimum absolute atomic E-state index is 0.116. The maximum absolute atomic E-state index is 12.0. The molecule has 0 atom stereocenters. The lowest BCUT2D eigenvalue weighted by atomic mass is 10.2. The van der Waals surface area contributed by atoms with Crippen molar-refractivity contribution in [3.05, 3.63) is 24.3 Å². The largest absolute Gasteiger partial charge is 0.497 e. The van der Waals surface area contributed by atoms with Crippen molar-refractivity contribution in [3.8, 4) is 5.75 Å². The zero-order valence-corrected chi connectivity index (χ0v) is 10.2. The third-order valence-electron chi connectivity index (χ3n) is 2.35. The Labute approximate surface area is 95.2 Å². The van der Waals surface area contributed by atoms with Crippen LogP contribution in [-0.2, 0) is 14.6 Å². The Kier molecular flexibility index (Phi) is 3.38. The third kappa shape index (κ3) is 2.09. The molecule has 1 rings (SSSR count). The molecular formula is C11H14O4S. The molecule has 0 spiro atoms. The number of sulfone groups is 1. The molecule has 0 saturated heterocycles. The molecule has 0 amide bonds. The molecule has 0 aliphatic rings. The molecule has 4 nitrogen and oxygen atoms in total. The van der Waals surface area contributed by atoms with Gasteiger partial charge in [-0.25, -0.2) is 8.42 Å². The average molecular weight is 242 g/mol. The molecule has 1 aromatic rings. The SMILES string of the molecule is COc1ccc(S(=O)(=O)C(C)(C)C=O)cc1. The van der Waals surface area contributed by atoms with Crippen LogP contribution < -0.4 is 4.74 Å². The van der Waals surface area contributed by atoms with Gasteiger partial charge >= 0.3 is 0 Å². The van der Waals surface area contributed by atoms with Gasteiger partial charge in [0.25, 0.3) is 0 Å². The molecule has 0 saturated carbocycles. The van der Waals surface area contributed by atoms with Gasteiger partial charge in [-0.15, -0.1) is 0 Å². The van der Waals surface area contributed by atoms with E-state index in [2.05, 4.69) is 0 Å². The molecule has 0 aliphatic carbocycles. The quantitative estimate of drug-likeness (QED) is 0.750. The predicted octanol–water partition coefficient (Wildman–Crippen LogP) is 1.45. The molecule has 0 aromatic heterocycles. The zero-order chi connectivity index (χ0) is 12.4. The van der Waals surface area contributed by atoms with E-state index in [1.165, 1.54) is 33.1 Å². The maximum atomic E-state index is 12.0. The van der Waals surface area contributed by atoms with E-state index >= 15 is 0 Å². The van der Waals surface area contributed by atoms with Crippen LogP contribution in [0.25, 0.3) is 0 Å². The van der Waals surface area contributed by atoms with Crippen molar-refractivity contribution in [1.29, 1.82) is 0 Å². The van der Waals surface area contributed by atoms with E-state index in [1.54, 1.807) is 12.1 Å². The molecule has 0 aliphatic heterocycles. The van der Waals surface area contributed by atoms with Crippen LogP contribution in [0.15, 0.2) is 29.2 Å². The Morgan fingerprint density at radius 2 is 1.69 bits per heavy atom. The first kappa shape index (κ1) is 12.7. The molecule has 1 aromatic carbocycles. The van der Waals surface area contributed by atoms with Crippen molar-refractivity contribution < 1.29 is 17.9 Å². The van der Waals surface area contributed by atoms with Crippen LogP contribution in [0.1, 0.15) is 13.8 Å². The Morgan fingerprint density at radius 3 is 2.06 bits per heavy atom. The van der Waals surface area contributed by atoms with Crippen molar-refractivity contribution >= 4 is 16.1 Å². The monoisotopic (exact) mass is 242 g/mol. The molecule has 0 N–H and O–H groups in total. The molecule has 0 heterocycles. The zero-order valence-electron chi connectivity index (χ0n) is 9.43. The van der Waals surface area contributed by atoms with Crippen LogP contribution in [0.2, 0.25) is 0 Å². The second-order valence-electron chi connectivity index (χ2n) is 3.90. The smallest absolute Gasteiger partial charge is 0.190 e. The molecule has 0 unspecified atom stereocenters. The van der Waals surface area contributed by atoms with E-state index in [1.807, 2.05) is 0 Å². The topological polar surface area (TPSA) is 60.4 Å². The van der Waals surface area contributed by atoms with E-state index in [-0.39, 0.29) is 4.90 Å². The number of hydrogen-bond acceptors (Lipinski definition) is 4. The summed E-state index contributed by atoms with van der Waals surface area (Å²) in [7, 11) is -2.14. The normalized spacial score (nSPS) is 12.2. The second-order valence-corrected chi connectivity index (χ2v) is 6.43. The Bertz CT molecular complexity index is 471. The van der Waals surface area contributed by atoms with Gasteiger partial charge in [0.05, 0.1) is 12.0 Å². The lowest BCUT2D eigenvalue weighted by molar-refractivity contribution is -0.109. The number of aldehydes is 1. The van der Waals surface area contributed by atoms with Crippen molar-refractivity contribution in [2.75, 3.05) is 7.11 Å². The maximum Gasteiger partial charge on any atom is 0.190 e. The van der Waals surface area contributed by atoms with E-state index in [0.29, 0.717) is 12.0 Å². The van der Waals surface area contributed by atoms with Crippen molar-refractivity contribution in [3.63, 3.8) is 0 Å². The summed E-state index contributed by atoms with van der Waals surface area (Å²) in [6.07, 6.45) is 0.437. The van der Waals surface area contributed by atoms with E-state index in [0.717, 1.165) is 0 Å². The minimum atomic E-state index is -3.64. The summed E-state index contributed by atoms with van der Waals surface area (Å²) in [5.41, 5.74) is 0. The molecule has 0 fully saturated rings. The van der Waals surface area contributed by atoms with Crippen LogP contribution in [0.3, 0.4) is 0 Å². The summed E-state index contributed by atoms with van der Waals surface area (Å²) in [5.74, 6) is 0.572. The van der Waals surface area contributed by atoms with E-state index in [4.69, 9.17) is 4.74 Å². The fourth-order valence-electron chi connectivity index (χ4n) is 1.12. The minimum Gasteiger partial charge on any atom is -0.497 e. The molecule has 5 heteroatoms. The first-order chi connectivity index (χ1) is 7.35. The van der Waals surface area contributed by atoms with Crippen molar-refractivity contribution in [2.24, 2.45) is 0 Å². The average Bonchev–Trinajstić information content (AvgIpc) is 2.29. The third-order valence-corrected chi connectivity index (χ3v) is 4.72. The summed E-state index contributed by atoms with van der Waals surface area (Å²) >= 11 is 0. The fourth-order valence-corrected chi connectivity index (χ4v) is 2.35. The lowest BCUT2D eigenvalue weighted by Gasteiger charge is -2.17. The summed E-state index contributed by atoms with van der Waals surface area (Å²) in [6, 6.07) is 5.96. The number of carbonyl (C=O) groups is 1. The summed E-state index contributed by atoms with van der Waals surface area (Å²) in [5, 5.41) is 0. The van der Waals surface area contributed by atoms with Gasteiger partial charge in [0.2, 0.25) is 0 Å². The second kappa shape index (κ2) is 4.25. The standard InChI is InChI=1S/C11H14O4S/c1-11(2,8-12)16(13,14)10-6-4-9(15-3)5-7-10/h4-8H,1-3H3. The van der Waals surface area contributed by atoms with Gasteiger partial charge in [-0.05, 0) is 38.1 Å². The van der Waals surface area contributed by atoms with Gasteiger partial charge < -0.3 is 9.53 Å². The molecule has 0 bridgehead atoms. The van der Waals surface area contributed by atoms with Gasteiger partial charge in [-0.3, -0.25) is 0 Å². The lowest BCUT2D eigenvalue weighted by Crippen LogP contribution is -2.33. The highest BCUT2D eigenvalue weighted by Crippen LogP contribution is 2.25. The summed E-state index contributed by atoms with van der Waals surface area (Å²) < 4.78 is 27.5. The predicted molar refractivity (Wildman–Crippen MR) is 60.3 cm³/mol. The Morgan fingerprint density at radius 1 is 1.19 bits per heavy atom. The number of carbonyl (C=O) groups excluding carboxylic acids is 1. The van der Waals surface area contributed by atoms with Crippen LogP contribution in [0.4, 0.5) is 0 Å². The summed E-state index contributed by atoms with van der Waals surface area (Å²) in [6.45, 7) is 2.75. The highest BCUT2D eigenvalue weighted by atomic mass is 32.2. The van der Waals surface area contributed by atoms with Crippen LogP contribution in [0.5, 0.6) is 5.75 Å². The van der Waals surface area contributed by atoms with Gasteiger partial charge in [0.15, 0.2) is 9.84 Å². The number of rotatable bonds is 4. The van der Waals surface area contributed by atoms with Crippen LogP contribution in [-0.4, -0.2) is 26.6 Å². The van der Waals surface area contributed by atoms with Crippen LogP contribution >= 0.6 is 0 Å². The number of ether oxygens (including phenoxy) is 1. The van der Waals surface area contributed by atoms with Crippen molar-refractivity contribution in [2.45, 2.75) is 23.5 Å². The molecule has 16 heavy (non-hydrogen) atoms. The van der Waals surface area contributed by atoms with Crippen LogP contribution in [0, 0.1) is 0 Å². The Balaban J connectivity index is 3.23.